The van der Waals surface area contributed by atoms with Gasteiger partial charge in [-0.25, -0.2) is 4.39 Å². The lowest BCUT2D eigenvalue weighted by atomic mass is 10.1. The van der Waals surface area contributed by atoms with E-state index in [1.165, 1.54) is 6.07 Å². The molecule has 3 nitrogen and oxygen atoms in total. The minimum absolute atomic E-state index is 0.152. The molecule has 0 saturated carbocycles. The molecule has 0 saturated heterocycles. The van der Waals surface area contributed by atoms with Gasteiger partial charge in [0.05, 0.1) is 0 Å². The Morgan fingerprint density at radius 1 is 1.44 bits per heavy atom. The molecular formula is C13H19BrFN3. The van der Waals surface area contributed by atoms with Crippen molar-refractivity contribution in [3.05, 3.63) is 34.1 Å². The minimum Gasteiger partial charge on any atom is -0.356 e. The third-order valence-electron chi connectivity index (χ3n) is 2.56. The van der Waals surface area contributed by atoms with Crippen molar-refractivity contribution >= 4 is 21.9 Å². The lowest BCUT2D eigenvalue weighted by Crippen LogP contribution is -2.36. The van der Waals surface area contributed by atoms with Crippen LogP contribution in [0, 0.1) is 5.82 Å². The van der Waals surface area contributed by atoms with Crippen LogP contribution in [0.4, 0.5) is 4.39 Å². The molecule has 0 unspecified atom stereocenters. The van der Waals surface area contributed by atoms with Gasteiger partial charge in [0.2, 0.25) is 0 Å². The van der Waals surface area contributed by atoms with Crippen LogP contribution in [0.2, 0.25) is 0 Å². The van der Waals surface area contributed by atoms with Crippen LogP contribution in [0.15, 0.2) is 27.7 Å². The number of rotatable bonds is 4. The number of aryl methyl sites for hydroxylation is 1. The van der Waals surface area contributed by atoms with Crippen LogP contribution < -0.4 is 5.32 Å². The molecule has 1 rings (SSSR count). The monoisotopic (exact) mass is 315 g/mol. The molecule has 1 aromatic rings. The molecule has 0 heterocycles. The van der Waals surface area contributed by atoms with Crippen LogP contribution >= 0.6 is 15.9 Å². The fourth-order valence-corrected chi connectivity index (χ4v) is 1.97. The van der Waals surface area contributed by atoms with Crippen molar-refractivity contribution in [3.63, 3.8) is 0 Å². The molecule has 0 amide bonds. The molecule has 18 heavy (non-hydrogen) atoms. The average Bonchev–Trinajstić information content (AvgIpc) is 2.31. The molecule has 0 aliphatic heterocycles. The van der Waals surface area contributed by atoms with Gasteiger partial charge in [-0.3, -0.25) is 4.99 Å². The maximum Gasteiger partial charge on any atom is 0.193 e. The summed E-state index contributed by atoms with van der Waals surface area (Å²) in [7, 11) is 5.62. The third kappa shape index (κ3) is 4.64. The van der Waals surface area contributed by atoms with E-state index in [4.69, 9.17) is 0 Å². The molecule has 0 aromatic heterocycles. The minimum atomic E-state index is -0.152. The number of hydrogen-bond acceptors (Lipinski definition) is 1. The van der Waals surface area contributed by atoms with Crippen molar-refractivity contribution in [1.82, 2.24) is 10.2 Å². The van der Waals surface area contributed by atoms with Crippen LogP contribution in [0.3, 0.4) is 0 Å². The van der Waals surface area contributed by atoms with Crippen LogP contribution in [0.5, 0.6) is 0 Å². The Labute approximate surface area is 116 Å². The SMILES string of the molecule is CN=C(NCCCc1ccc(Br)cc1F)N(C)C. The van der Waals surface area contributed by atoms with Crippen molar-refractivity contribution in [2.75, 3.05) is 27.7 Å². The van der Waals surface area contributed by atoms with Crippen molar-refractivity contribution in [1.29, 1.82) is 0 Å². The molecule has 0 fully saturated rings. The lowest BCUT2D eigenvalue weighted by Gasteiger charge is -2.16. The van der Waals surface area contributed by atoms with E-state index < -0.39 is 0 Å². The van der Waals surface area contributed by atoms with Gasteiger partial charge in [-0.1, -0.05) is 22.0 Å². The number of guanidine groups is 1. The summed E-state index contributed by atoms with van der Waals surface area (Å²) in [5.74, 6) is 0.688. The maximum atomic E-state index is 13.5. The van der Waals surface area contributed by atoms with Crippen molar-refractivity contribution < 1.29 is 4.39 Å². The Hall–Kier alpha value is -1.10. The third-order valence-corrected chi connectivity index (χ3v) is 3.05. The number of nitrogens with one attached hydrogen (secondary N) is 1. The van der Waals surface area contributed by atoms with Crippen LogP contribution in [0.1, 0.15) is 12.0 Å². The first-order valence-corrected chi connectivity index (χ1v) is 6.65. The summed E-state index contributed by atoms with van der Waals surface area (Å²) in [6, 6.07) is 5.19. The van der Waals surface area contributed by atoms with E-state index in [2.05, 4.69) is 26.2 Å². The molecule has 0 bridgehead atoms. The molecule has 1 N–H and O–H groups in total. The van der Waals surface area contributed by atoms with E-state index in [0.29, 0.717) is 0 Å². The summed E-state index contributed by atoms with van der Waals surface area (Å²) >= 11 is 3.25. The number of halogens is 2. The van der Waals surface area contributed by atoms with E-state index >= 15 is 0 Å². The Kier molecular flexibility index (Phi) is 6.12. The quantitative estimate of drug-likeness (QED) is 0.525. The van der Waals surface area contributed by atoms with Gasteiger partial charge < -0.3 is 10.2 Å². The van der Waals surface area contributed by atoms with Gasteiger partial charge in [-0.05, 0) is 30.5 Å². The van der Waals surface area contributed by atoms with E-state index in [1.54, 1.807) is 7.05 Å². The summed E-state index contributed by atoms with van der Waals surface area (Å²) in [6.07, 6.45) is 1.59. The predicted octanol–water partition coefficient (Wildman–Crippen LogP) is 2.66. The fourth-order valence-electron chi connectivity index (χ4n) is 1.64. The Balaban J connectivity index is 2.38. The highest BCUT2D eigenvalue weighted by atomic mass is 79.9. The Morgan fingerprint density at radius 2 is 2.17 bits per heavy atom. The van der Waals surface area contributed by atoms with Crippen LogP contribution in [-0.4, -0.2) is 38.5 Å². The van der Waals surface area contributed by atoms with Gasteiger partial charge in [-0.2, -0.15) is 0 Å². The molecule has 0 atom stereocenters. The second-order valence-electron chi connectivity index (χ2n) is 4.21. The van der Waals surface area contributed by atoms with Gasteiger partial charge in [0, 0.05) is 32.2 Å². The number of nitrogens with zero attached hydrogens (tertiary/aromatic N) is 2. The van der Waals surface area contributed by atoms with Crippen molar-refractivity contribution in [3.8, 4) is 0 Å². The van der Waals surface area contributed by atoms with Gasteiger partial charge in [-0.15, -0.1) is 0 Å². The van der Waals surface area contributed by atoms with E-state index in [1.807, 2.05) is 31.1 Å². The van der Waals surface area contributed by atoms with Gasteiger partial charge in [0.1, 0.15) is 5.82 Å². The van der Waals surface area contributed by atoms with E-state index in [-0.39, 0.29) is 5.82 Å². The van der Waals surface area contributed by atoms with Crippen LogP contribution in [-0.2, 0) is 6.42 Å². The first kappa shape index (κ1) is 15.0. The van der Waals surface area contributed by atoms with Crippen molar-refractivity contribution in [2.24, 2.45) is 4.99 Å². The second kappa shape index (κ2) is 7.36. The Morgan fingerprint density at radius 3 is 2.72 bits per heavy atom. The van der Waals surface area contributed by atoms with E-state index in [0.717, 1.165) is 35.4 Å². The number of aliphatic imine (C=N–C) groups is 1. The summed E-state index contributed by atoms with van der Waals surface area (Å²) in [6.45, 7) is 0.778. The smallest absolute Gasteiger partial charge is 0.193 e. The maximum absolute atomic E-state index is 13.5. The highest BCUT2D eigenvalue weighted by Crippen LogP contribution is 2.16. The Bertz CT molecular complexity index is 419. The topological polar surface area (TPSA) is 27.6 Å². The van der Waals surface area contributed by atoms with Gasteiger partial charge >= 0.3 is 0 Å². The largest absolute Gasteiger partial charge is 0.356 e. The van der Waals surface area contributed by atoms with E-state index in [9.17, 15) is 4.39 Å². The molecule has 0 spiro atoms. The normalized spacial score (nSPS) is 11.5. The first-order chi connectivity index (χ1) is 8.54. The molecular weight excluding hydrogens is 297 g/mol. The summed E-state index contributed by atoms with van der Waals surface area (Å²) in [4.78, 5) is 6.03. The van der Waals surface area contributed by atoms with Crippen molar-refractivity contribution in [2.45, 2.75) is 12.8 Å². The molecule has 0 aliphatic rings. The summed E-state index contributed by atoms with van der Waals surface area (Å²) < 4.78 is 14.3. The van der Waals surface area contributed by atoms with Gasteiger partial charge in [0.25, 0.3) is 0 Å². The summed E-state index contributed by atoms with van der Waals surface area (Å²) in [5.41, 5.74) is 0.750. The lowest BCUT2D eigenvalue weighted by molar-refractivity contribution is 0.573. The first-order valence-electron chi connectivity index (χ1n) is 5.86. The molecule has 1 aromatic carbocycles. The zero-order chi connectivity index (χ0) is 13.5. The molecule has 0 radical (unpaired) electrons. The zero-order valence-corrected chi connectivity index (χ0v) is 12.6. The highest BCUT2D eigenvalue weighted by Gasteiger charge is 2.03. The predicted molar refractivity (Wildman–Crippen MR) is 77.5 cm³/mol. The molecule has 5 heteroatoms. The average molecular weight is 316 g/mol. The van der Waals surface area contributed by atoms with Gasteiger partial charge in [0.15, 0.2) is 5.96 Å². The fraction of sp³-hybridized carbons (Fsp3) is 0.462. The second-order valence-corrected chi connectivity index (χ2v) is 5.12. The summed E-state index contributed by atoms with van der Waals surface area (Å²) in [5, 5.41) is 3.21. The molecule has 0 aliphatic carbocycles. The molecule has 100 valence electrons. The standard InChI is InChI=1S/C13H19BrFN3/c1-16-13(18(2)3)17-8-4-5-10-6-7-11(14)9-12(10)15/h6-7,9H,4-5,8H2,1-3H3,(H,16,17). The number of benzene rings is 1. The van der Waals surface area contributed by atoms with Crippen LogP contribution in [0.25, 0.3) is 0 Å². The number of hydrogen-bond donors (Lipinski definition) is 1. The zero-order valence-electron chi connectivity index (χ0n) is 11.0. The highest BCUT2D eigenvalue weighted by molar-refractivity contribution is 9.10.